The molecule has 5 heteroatoms. The van der Waals surface area contributed by atoms with Crippen molar-refractivity contribution in [1.82, 2.24) is 4.90 Å². The lowest BCUT2D eigenvalue weighted by Crippen LogP contribution is -2.41. The zero-order valence-electron chi connectivity index (χ0n) is 11.9. The van der Waals surface area contributed by atoms with E-state index in [0.717, 1.165) is 0 Å². The number of ether oxygens (including phenoxy) is 1. The molecule has 0 atom stereocenters. The fourth-order valence-electron chi connectivity index (χ4n) is 1.51. The van der Waals surface area contributed by atoms with Crippen molar-refractivity contribution in [3.05, 3.63) is 0 Å². The molecular formula is C13H25NO4. The van der Waals surface area contributed by atoms with Crippen molar-refractivity contribution in [2.24, 2.45) is 5.41 Å². The monoisotopic (exact) mass is 259 g/mol. The summed E-state index contributed by atoms with van der Waals surface area (Å²) in [6, 6.07) is 0. The minimum absolute atomic E-state index is 0.0137. The van der Waals surface area contributed by atoms with Crippen LogP contribution in [0.3, 0.4) is 0 Å². The molecule has 0 aliphatic carbocycles. The van der Waals surface area contributed by atoms with E-state index < -0.39 is 5.41 Å². The van der Waals surface area contributed by atoms with Gasteiger partial charge in [-0.1, -0.05) is 20.8 Å². The average Bonchev–Trinajstić information content (AvgIpc) is 2.27. The highest BCUT2D eigenvalue weighted by Gasteiger charge is 2.27. The summed E-state index contributed by atoms with van der Waals surface area (Å²) >= 11 is 0. The van der Waals surface area contributed by atoms with Crippen LogP contribution in [0.5, 0.6) is 0 Å². The fourth-order valence-corrected chi connectivity index (χ4v) is 1.51. The molecule has 0 aromatic heterocycles. The lowest BCUT2D eigenvalue weighted by molar-refractivity contribution is -0.145. The van der Waals surface area contributed by atoms with Gasteiger partial charge >= 0.3 is 5.97 Å². The minimum Gasteiger partial charge on any atom is -0.466 e. The van der Waals surface area contributed by atoms with Crippen molar-refractivity contribution >= 4 is 11.9 Å². The molecule has 1 N–H and O–H groups in total. The molecule has 0 aliphatic heterocycles. The summed E-state index contributed by atoms with van der Waals surface area (Å²) in [4.78, 5) is 25.0. The molecule has 0 aromatic rings. The lowest BCUT2D eigenvalue weighted by atomic mass is 9.94. The molecule has 0 saturated heterocycles. The highest BCUT2D eigenvalue weighted by atomic mass is 16.5. The van der Waals surface area contributed by atoms with E-state index in [1.165, 1.54) is 0 Å². The molecule has 0 aliphatic rings. The predicted molar refractivity (Wildman–Crippen MR) is 69.0 cm³/mol. The summed E-state index contributed by atoms with van der Waals surface area (Å²) in [5, 5.41) is 8.83. The first-order valence-corrected chi connectivity index (χ1v) is 6.38. The number of nitrogens with zero attached hydrogens (tertiary/aromatic N) is 1. The van der Waals surface area contributed by atoms with Gasteiger partial charge in [0, 0.05) is 25.1 Å². The second-order valence-electron chi connectivity index (χ2n) is 5.17. The molecule has 0 rings (SSSR count). The summed E-state index contributed by atoms with van der Waals surface area (Å²) in [5.41, 5.74) is -0.482. The van der Waals surface area contributed by atoms with Gasteiger partial charge in [-0.2, -0.15) is 0 Å². The van der Waals surface area contributed by atoms with Gasteiger partial charge in [0.15, 0.2) is 0 Å². The Morgan fingerprint density at radius 2 is 1.83 bits per heavy atom. The Kier molecular flexibility index (Phi) is 7.59. The minimum atomic E-state index is -0.482. The summed E-state index contributed by atoms with van der Waals surface area (Å²) < 4.78 is 4.84. The van der Waals surface area contributed by atoms with E-state index in [-0.39, 0.29) is 24.9 Å². The summed E-state index contributed by atoms with van der Waals surface area (Å²) in [7, 11) is 0. The molecular weight excluding hydrogens is 234 g/mol. The van der Waals surface area contributed by atoms with Crippen LogP contribution in [0.2, 0.25) is 0 Å². The molecule has 106 valence electrons. The van der Waals surface area contributed by atoms with Gasteiger partial charge < -0.3 is 14.7 Å². The third-order valence-electron chi connectivity index (χ3n) is 2.41. The third-order valence-corrected chi connectivity index (χ3v) is 2.41. The number of rotatable bonds is 7. The molecule has 0 saturated carbocycles. The topological polar surface area (TPSA) is 66.8 Å². The quantitative estimate of drug-likeness (QED) is 0.698. The van der Waals surface area contributed by atoms with Crippen LogP contribution in [-0.4, -0.2) is 48.2 Å². The van der Waals surface area contributed by atoms with Gasteiger partial charge in [0.1, 0.15) is 0 Å². The Balaban J connectivity index is 4.40. The van der Waals surface area contributed by atoms with Crippen LogP contribution in [0.4, 0.5) is 0 Å². The van der Waals surface area contributed by atoms with E-state index in [1.807, 2.05) is 20.8 Å². The molecule has 0 bridgehead atoms. The van der Waals surface area contributed by atoms with Crippen LogP contribution in [0, 0.1) is 5.41 Å². The Morgan fingerprint density at radius 1 is 1.22 bits per heavy atom. The molecule has 0 fully saturated rings. The van der Waals surface area contributed by atoms with Gasteiger partial charge in [-0.3, -0.25) is 9.59 Å². The highest BCUT2D eigenvalue weighted by molar-refractivity contribution is 5.82. The van der Waals surface area contributed by atoms with Crippen molar-refractivity contribution in [2.45, 2.75) is 40.5 Å². The second kappa shape index (κ2) is 8.08. The van der Waals surface area contributed by atoms with Crippen molar-refractivity contribution in [3.8, 4) is 0 Å². The fraction of sp³-hybridized carbons (Fsp3) is 0.846. The summed E-state index contributed by atoms with van der Waals surface area (Å²) in [6.07, 6.45) is 0.714. The van der Waals surface area contributed by atoms with Crippen molar-refractivity contribution in [3.63, 3.8) is 0 Å². The highest BCUT2D eigenvalue weighted by Crippen LogP contribution is 2.17. The Labute approximate surface area is 109 Å². The number of aliphatic hydroxyl groups excluding tert-OH is 1. The number of carbonyl (C=O) groups is 2. The maximum absolute atomic E-state index is 12.1. The molecule has 0 heterocycles. The van der Waals surface area contributed by atoms with Crippen LogP contribution in [0.15, 0.2) is 0 Å². The summed E-state index contributed by atoms with van der Waals surface area (Å²) in [6.45, 7) is 8.46. The number of hydrogen-bond acceptors (Lipinski definition) is 4. The van der Waals surface area contributed by atoms with Gasteiger partial charge in [0.2, 0.25) is 5.91 Å². The first-order chi connectivity index (χ1) is 8.32. The van der Waals surface area contributed by atoms with Gasteiger partial charge in [-0.25, -0.2) is 0 Å². The molecule has 0 spiro atoms. The maximum atomic E-state index is 12.1. The SMILES string of the molecule is CCOC(=O)CCN(CCCO)C(=O)C(C)(C)C. The number of esters is 1. The van der Waals surface area contributed by atoms with Crippen LogP contribution < -0.4 is 0 Å². The van der Waals surface area contributed by atoms with Crippen LogP contribution >= 0.6 is 0 Å². The largest absolute Gasteiger partial charge is 0.466 e. The van der Waals surface area contributed by atoms with E-state index >= 15 is 0 Å². The van der Waals surface area contributed by atoms with E-state index in [2.05, 4.69) is 0 Å². The number of hydrogen-bond donors (Lipinski definition) is 1. The third kappa shape index (κ3) is 6.59. The molecule has 1 amide bonds. The van der Waals surface area contributed by atoms with E-state index in [0.29, 0.717) is 26.1 Å². The van der Waals surface area contributed by atoms with E-state index in [4.69, 9.17) is 9.84 Å². The molecule has 0 aromatic carbocycles. The smallest absolute Gasteiger partial charge is 0.307 e. The van der Waals surface area contributed by atoms with Gasteiger partial charge in [-0.05, 0) is 13.3 Å². The summed E-state index contributed by atoms with van der Waals surface area (Å²) in [5.74, 6) is -0.312. The first-order valence-electron chi connectivity index (χ1n) is 6.38. The van der Waals surface area contributed by atoms with E-state index in [9.17, 15) is 9.59 Å². The Bertz CT molecular complexity index is 271. The van der Waals surface area contributed by atoms with Crippen LogP contribution in [-0.2, 0) is 14.3 Å². The normalized spacial score (nSPS) is 11.2. The van der Waals surface area contributed by atoms with Crippen molar-refractivity contribution < 1.29 is 19.4 Å². The number of aliphatic hydroxyl groups is 1. The van der Waals surface area contributed by atoms with E-state index in [1.54, 1.807) is 11.8 Å². The molecule has 0 unspecified atom stereocenters. The Morgan fingerprint density at radius 3 is 2.28 bits per heavy atom. The molecule has 18 heavy (non-hydrogen) atoms. The number of amides is 1. The van der Waals surface area contributed by atoms with Crippen LogP contribution in [0.25, 0.3) is 0 Å². The Hall–Kier alpha value is -1.10. The first kappa shape index (κ1) is 16.9. The van der Waals surface area contributed by atoms with Crippen molar-refractivity contribution in [2.75, 3.05) is 26.3 Å². The van der Waals surface area contributed by atoms with Gasteiger partial charge in [-0.15, -0.1) is 0 Å². The van der Waals surface area contributed by atoms with Crippen molar-refractivity contribution in [1.29, 1.82) is 0 Å². The second-order valence-corrected chi connectivity index (χ2v) is 5.17. The molecule has 5 nitrogen and oxygen atoms in total. The van der Waals surface area contributed by atoms with Gasteiger partial charge in [0.25, 0.3) is 0 Å². The zero-order valence-corrected chi connectivity index (χ0v) is 11.9. The average molecular weight is 259 g/mol. The lowest BCUT2D eigenvalue weighted by Gasteiger charge is -2.29. The zero-order chi connectivity index (χ0) is 14.2. The predicted octanol–water partition coefficient (Wildman–Crippen LogP) is 1.20. The van der Waals surface area contributed by atoms with Gasteiger partial charge in [0.05, 0.1) is 13.0 Å². The molecule has 0 radical (unpaired) electrons. The van der Waals surface area contributed by atoms with Crippen LogP contribution in [0.1, 0.15) is 40.5 Å². The number of carbonyl (C=O) groups excluding carboxylic acids is 2. The maximum Gasteiger partial charge on any atom is 0.307 e. The standard InChI is InChI=1S/C13H25NO4/c1-5-18-11(16)7-9-14(8-6-10-15)12(17)13(2,3)4/h15H,5-10H2,1-4H3.